The van der Waals surface area contributed by atoms with Gasteiger partial charge in [-0.15, -0.1) is 0 Å². The number of hydrogen-bond donors (Lipinski definition) is 1. The van der Waals surface area contributed by atoms with Gasteiger partial charge in [0.15, 0.2) is 22.4 Å². The van der Waals surface area contributed by atoms with Crippen LogP contribution in [-0.4, -0.2) is 52.9 Å². The van der Waals surface area contributed by atoms with Crippen molar-refractivity contribution < 1.29 is 23.2 Å². The Morgan fingerprint density at radius 1 is 0.800 bits per heavy atom. The molecule has 2 heterocycles. The summed E-state index contributed by atoms with van der Waals surface area (Å²) in [5.74, 6) is 0.192. The summed E-state index contributed by atoms with van der Waals surface area (Å²) in [5, 5.41) is 3.74. The van der Waals surface area contributed by atoms with Crippen molar-refractivity contribution >= 4 is 28.4 Å². The van der Waals surface area contributed by atoms with Crippen molar-refractivity contribution in [1.29, 1.82) is 0 Å². The van der Waals surface area contributed by atoms with Gasteiger partial charge in [-0.25, -0.2) is 0 Å². The van der Waals surface area contributed by atoms with Crippen LogP contribution in [-0.2, 0) is 23.2 Å². The fourth-order valence-electron chi connectivity index (χ4n) is 5.68. The second-order valence-electron chi connectivity index (χ2n) is 10.7. The third kappa shape index (κ3) is 8.22. The third-order valence-corrected chi connectivity index (χ3v) is 18.2. The van der Waals surface area contributed by atoms with E-state index in [-0.39, 0.29) is 24.7 Å². The highest BCUT2D eigenvalue weighted by Crippen LogP contribution is 2.44. The average Bonchev–Trinajstić information content (AvgIpc) is 3.58. The van der Waals surface area contributed by atoms with Gasteiger partial charge < -0.3 is 13.6 Å². The second-order valence-corrected chi connectivity index (χ2v) is 20.1. The lowest BCUT2D eigenvalue weighted by Gasteiger charge is -2.41. The normalized spacial score (nSPS) is 27.8. The minimum atomic E-state index is -1.97. The molecule has 0 aromatic carbocycles. The number of rotatable bonds is 10. The molecular weight excluding hydrogens is 474 g/mol. The van der Waals surface area contributed by atoms with E-state index in [1.807, 2.05) is 0 Å². The van der Waals surface area contributed by atoms with Gasteiger partial charge in [0.05, 0.1) is 6.04 Å². The summed E-state index contributed by atoms with van der Waals surface area (Å²) in [7, 11) is -3.92. The maximum atomic E-state index is 12.7. The molecular formula is C27H53NO5Si2. The van der Waals surface area contributed by atoms with Gasteiger partial charge in [0.25, 0.3) is 0 Å². The summed E-state index contributed by atoms with van der Waals surface area (Å²) >= 11 is 0. The van der Waals surface area contributed by atoms with E-state index < -0.39 is 22.4 Å². The lowest BCUT2D eigenvalue weighted by Crippen LogP contribution is -2.55. The number of carbonyl (C=O) groups excluding carboxylic acids is 2. The Hall–Kier alpha value is -0.546. The molecule has 0 amide bonds. The highest BCUT2D eigenvalue weighted by Gasteiger charge is 2.64. The predicted molar refractivity (Wildman–Crippen MR) is 148 cm³/mol. The summed E-state index contributed by atoms with van der Waals surface area (Å²) < 4.78 is 20.2. The number of carbonyl (C=O) groups is 2. The SMILES string of the molecule is CC[Si](CC)(CC)OC1COC(=O)CCCCCC(=O)CCCCC2NC21O[Si](CC)(CC)CC. The minimum Gasteiger partial charge on any atom is -0.463 e. The predicted octanol–water partition coefficient (Wildman–Crippen LogP) is 6.70. The fraction of sp³-hybridized carbons (Fsp3) is 0.926. The van der Waals surface area contributed by atoms with Gasteiger partial charge in [0.2, 0.25) is 0 Å². The Morgan fingerprint density at radius 2 is 1.34 bits per heavy atom. The van der Waals surface area contributed by atoms with Crippen LogP contribution >= 0.6 is 0 Å². The number of fused-ring (bicyclic) bond motifs is 1. The summed E-state index contributed by atoms with van der Waals surface area (Å²) in [4.78, 5) is 24.9. The molecule has 0 saturated carbocycles. The molecule has 3 unspecified atom stereocenters. The van der Waals surface area contributed by atoms with E-state index in [1.165, 1.54) is 0 Å². The summed E-state index contributed by atoms with van der Waals surface area (Å²) in [6, 6.07) is 6.52. The van der Waals surface area contributed by atoms with Gasteiger partial charge in [-0.1, -0.05) is 54.4 Å². The highest BCUT2D eigenvalue weighted by atomic mass is 28.4. The molecule has 0 radical (unpaired) electrons. The van der Waals surface area contributed by atoms with Gasteiger partial charge in [0, 0.05) is 19.3 Å². The van der Waals surface area contributed by atoms with Crippen molar-refractivity contribution in [2.75, 3.05) is 6.61 Å². The highest BCUT2D eigenvalue weighted by molar-refractivity contribution is 6.74. The minimum absolute atomic E-state index is 0.161. The number of esters is 1. The molecule has 2 saturated heterocycles. The first kappa shape index (κ1) is 30.7. The zero-order valence-electron chi connectivity index (χ0n) is 23.5. The van der Waals surface area contributed by atoms with Crippen LogP contribution in [0.2, 0.25) is 36.3 Å². The van der Waals surface area contributed by atoms with Crippen LogP contribution < -0.4 is 5.32 Å². The maximum absolute atomic E-state index is 12.7. The second kappa shape index (κ2) is 14.4. The standard InChI is InChI=1S/C27H53NO5Si2/c1-7-34(8-2,9-3)32-25-22-31-26(30)21-15-13-14-18-23(29)19-16-17-20-24-27(25,28-24)33-35(10-4,11-5)12-6/h24-25,28H,7-22H2,1-6H3. The number of hydrogen-bond acceptors (Lipinski definition) is 6. The molecule has 6 nitrogen and oxygen atoms in total. The van der Waals surface area contributed by atoms with Crippen LogP contribution in [0.1, 0.15) is 99.3 Å². The molecule has 35 heavy (non-hydrogen) atoms. The van der Waals surface area contributed by atoms with E-state index in [9.17, 15) is 9.59 Å². The molecule has 3 atom stereocenters. The van der Waals surface area contributed by atoms with E-state index in [4.69, 9.17) is 13.6 Å². The first-order chi connectivity index (χ1) is 16.8. The summed E-state index contributed by atoms with van der Waals surface area (Å²) in [6.07, 6.45) is 6.85. The molecule has 2 aliphatic rings. The van der Waals surface area contributed by atoms with Crippen molar-refractivity contribution in [2.24, 2.45) is 0 Å². The molecule has 204 valence electrons. The first-order valence-electron chi connectivity index (χ1n) is 14.6. The number of cyclic esters (lactones) is 1. The topological polar surface area (TPSA) is 83.8 Å². The lowest BCUT2D eigenvalue weighted by atomic mass is 10.0. The smallest absolute Gasteiger partial charge is 0.305 e. The molecule has 0 aromatic rings. The summed E-state index contributed by atoms with van der Waals surface area (Å²) in [5.41, 5.74) is -0.576. The van der Waals surface area contributed by atoms with Crippen molar-refractivity contribution in [1.82, 2.24) is 5.32 Å². The fourth-order valence-corrected chi connectivity index (χ4v) is 11.5. The lowest BCUT2D eigenvalue weighted by molar-refractivity contribution is -0.149. The van der Waals surface area contributed by atoms with Crippen molar-refractivity contribution in [3.63, 3.8) is 0 Å². The van der Waals surface area contributed by atoms with Gasteiger partial charge in [-0.3, -0.25) is 14.9 Å². The number of Topliss-reactive ketones (excluding diaryl/α,β-unsaturated/α-hetero) is 1. The Morgan fingerprint density at radius 3 is 1.91 bits per heavy atom. The van der Waals surface area contributed by atoms with Crippen LogP contribution in [0, 0.1) is 0 Å². The van der Waals surface area contributed by atoms with E-state index in [1.54, 1.807) is 0 Å². The van der Waals surface area contributed by atoms with Gasteiger partial charge in [-0.2, -0.15) is 0 Å². The van der Waals surface area contributed by atoms with Crippen molar-refractivity contribution in [2.45, 2.75) is 153 Å². The van der Waals surface area contributed by atoms with Crippen LogP contribution in [0.15, 0.2) is 0 Å². The largest absolute Gasteiger partial charge is 0.463 e. The van der Waals surface area contributed by atoms with E-state index in [0.29, 0.717) is 25.0 Å². The van der Waals surface area contributed by atoms with Crippen LogP contribution in [0.4, 0.5) is 0 Å². The number of nitrogens with one attached hydrogen (secondary N) is 1. The summed E-state index contributed by atoms with van der Waals surface area (Å²) in [6.45, 7) is 13.8. The molecule has 0 bridgehead atoms. The monoisotopic (exact) mass is 527 g/mol. The van der Waals surface area contributed by atoms with E-state index in [0.717, 1.165) is 74.8 Å². The Bertz CT molecular complexity index is 651. The molecule has 2 aliphatic heterocycles. The Balaban J connectivity index is 2.36. The zero-order valence-corrected chi connectivity index (χ0v) is 25.5. The number of ether oxygens (including phenoxy) is 1. The first-order valence-corrected chi connectivity index (χ1v) is 19.7. The van der Waals surface area contributed by atoms with E-state index >= 15 is 0 Å². The van der Waals surface area contributed by atoms with Gasteiger partial charge in [-0.05, 0) is 61.9 Å². The molecule has 8 heteroatoms. The third-order valence-electron chi connectivity index (χ3n) is 8.89. The molecule has 0 spiro atoms. The average molecular weight is 528 g/mol. The molecule has 0 aliphatic carbocycles. The van der Waals surface area contributed by atoms with Crippen molar-refractivity contribution in [3.05, 3.63) is 0 Å². The van der Waals surface area contributed by atoms with Crippen LogP contribution in [0.25, 0.3) is 0 Å². The molecule has 2 rings (SSSR count). The molecule has 1 N–H and O–H groups in total. The van der Waals surface area contributed by atoms with Gasteiger partial charge >= 0.3 is 5.97 Å². The number of ketones is 1. The molecule has 2 fully saturated rings. The Labute approximate surface area is 216 Å². The Kier molecular flexibility index (Phi) is 12.6. The van der Waals surface area contributed by atoms with E-state index in [2.05, 4.69) is 46.9 Å². The van der Waals surface area contributed by atoms with Crippen LogP contribution in [0.5, 0.6) is 0 Å². The zero-order chi connectivity index (χ0) is 26.0. The quantitative estimate of drug-likeness (QED) is 0.193. The van der Waals surface area contributed by atoms with Gasteiger partial charge in [0.1, 0.15) is 18.5 Å². The molecule has 0 aromatic heterocycles. The maximum Gasteiger partial charge on any atom is 0.305 e. The van der Waals surface area contributed by atoms with Crippen LogP contribution in [0.3, 0.4) is 0 Å². The van der Waals surface area contributed by atoms with Crippen molar-refractivity contribution in [3.8, 4) is 0 Å².